The van der Waals surface area contributed by atoms with Crippen molar-refractivity contribution in [1.29, 1.82) is 5.26 Å². The molecule has 1 aromatic carbocycles. The topological polar surface area (TPSA) is 210 Å². The Labute approximate surface area is 253 Å². The van der Waals surface area contributed by atoms with Gasteiger partial charge in [-0.3, -0.25) is 14.1 Å². The fourth-order valence-electron chi connectivity index (χ4n) is 4.72. The van der Waals surface area contributed by atoms with Gasteiger partial charge < -0.3 is 29.6 Å². The van der Waals surface area contributed by atoms with E-state index < -0.39 is 61.7 Å². The molecule has 3 heterocycles. The third-order valence-electron chi connectivity index (χ3n) is 7.02. The lowest BCUT2D eigenvalue weighted by molar-refractivity contribution is -0.168. The number of carbonyl (C=O) groups is 2. The maximum absolute atomic E-state index is 14.0. The number of nitrogens with one attached hydrogen (secondary N) is 1. The quantitative estimate of drug-likeness (QED) is 0.194. The van der Waals surface area contributed by atoms with Gasteiger partial charge in [0.25, 0.3) is 0 Å². The summed E-state index contributed by atoms with van der Waals surface area (Å²) in [6.45, 7) is 6.97. The molecule has 1 aliphatic rings. The van der Waals surface area contributed by atoms with Gasteiger partial charge in [-0.1, -0.05) is 32.0 Å². The zero-order valence-electron chi connectivity index (χ0n) is 24.9. The van der Waals surface area contributed by atoms with Gasteiger partial charge in [0.05, 0.1) is 24.8 Å². The van der Waals surface area contributed by atoms with Crippen LogP contribution in [0.15, 0.2) is 48.8 Å². The zero-order chi connectivity index (χ0) is 32.3. The van der Waals surface area contributed by atoms with Gasteiger partial charge in [-0.05, 0) is 45.0 Å². The van der Waals surface area contributed by atoms with Crippen molar-refractivity contribution >= 4 is 31.0 Å². The molecule has 6 atom stereocenters. The van der Waals surface area contributed by atoms with Gasteiger partial charge in [0.2, 0.25) is 5.60 Å². The van der Waals surface area contributed by atoms with Crippen LogP contribution in [0, 0.1) is 17.2 Å². The predicted molar refractivity (Wildman–Crippen MR) is 155 cm³/mol. The summed E-state index contributed by atoms with van der Waals surface area (Å²) in [7, 11) is -4.38. The maximum atomic E-state index is 14.0. The van der Waals surface area contributed by atoms with Crippen LogP contribution in [0.2, 0.25) is 0 Å². The fourth-order valence-corrected chi connectivity index (χ4v) is 6.22. The number of rotatable bonds is 12. The summed E-state index contributed by atoms with van der Waals surface area (Å²) >= 11 is 0. The Hall–Kier alpha value is -4.06. The lowest BCUT2D eigenvalue weighted by Gasteiger charge is -2.34. The first-order valence-electron chi connectivity index (χ1n) is 13.8. The Morgan fingerprint density at radius 1 is 1.23 bits per heavy atom. The standard InChI is InChI=1S/C28H35N6O9P/c1-6-39-26(36)18(4)33-44(38,43-19-10-8-7-9-11-19)40-14-21-23(41-25(35)17(2)3)27(5,37)28(15-29,42-21)22-13-12-20-24(30)31-16-32-34(20)22/h7-13,16-18,21,23,37H,6,14H2,1-5H3,(H,33,38)(H2,30,31,32)/t18-,21+,23+,27+,28-,44?/m0/s1. The van der Waals surface area contributed by atoms with E-state index in [9.17, 15) is 24.5 Å². The number of ether oxygens (including phenoxy) is 3. The number of aliphatic hydroxyl groups is 1. The van der Waals surface area contributed by atoms with Crippen LogP contribution in [-0.4, -0.2) is 68.7 Å². The molecule has 0 saturated carbocycles. The number of hydrogen-bond acceptors (Lipinski definition) is 13. The number of aromatic nitrogens is 3. The molecule has 16 heteroatoms. The number of nitrogen functional groups attached to an aromatic ring is 1. The second kappa shape index (κ2) is 12.9. The van der Waals surface area contributed by atoms with Crippen molar-refractivity contribution in [1.82, 2.24) is 19.7 Å². The molecule has 0 aliphatic carbocycles. The molecule has 3 aromatic rings. The molecule has 0 amide bonds. The summed E-state index contributed by atoms with van der Waals surface area (Å²) in [6.07, 6.45) is -1.70. The highest BCUT2D eigenvalue weighted by Crippen LogP contribution is 2.51. The number of para-hydroxylation sites is 1. The summed E-state index contributed by atoms with van der Waals surface area (Å²) in [4.78, 5) is 29.1. The molecule has 1 aliphatic heterocycles. The Bertz CT molecular complexity index is 1590. The van der Waals surface area contributed by atoms with Crippen molar-refractivity contribution in [2.24, 2.45) is 5.92 Å². The molecule has 4 N–H and O–H groups in total. The lowest BCUT2D eigenvalue weighted by atomic mass is 9.80. The summed E-state index contributed by atoms with van der Waals surface area (Å²) in [5.41, 5.74) is 2.00. The van der Waals surface area contributed by atoms with E-state index in [1.165, 1.54) is 42.9 Å². The highest BCUT2D eigenvalue weighted by atomic mass is 31.2. The van der Waals surface area contributed by atoms with Crippen LogP contribution in [0.5, 0.6) is 5.75 Å². The Morgan fingerprint density at radius 2 is 1.93 bits per heavy atom. The van der Waals surface area contributed by atoms with E-state index in [0.29, 0.717) is 5.52 Å². The second-order valence-electron chi connectivity index (χ2n) is 10.6. The van der Waals surface area contributed by atoms with Crippen LogP contribution in [0.1, 0.15) is 40.3 Å². The summed E-state index contributed by atoms with van der Waals surface area (Å²) in [6, 6.07) is 12.0. The minimum absolute atomic E-state index is 0.0694. The number of nitrogens with zero attached hydrogens (tertiary/aromatic N) is 4. The molecular formula is C28H35N6O9P. The summed E-state index contributed by atoms with van der Waals surface area (Å²) < 4.78 is 43.7. The van der Waals surface area contributed by atoms with Gasteiger partial charge in [0, 0.05) is 0 Å². The number of carbonyl (C=O) groups excluding carboxylic acids is 2. The van der Waals surface area contributed by atoms with Crippen molar-refractivity contribution in [3.63, 3.8) is 0 Å². The fraction of sp³-hybridized carbons (Fsp3) is 0.464. The predicted octanol–water partition coefficient (Wildman–Crippen LogP) is 2.49. The second-order valence-corrected chi connectivity index (χ2v) is 12.3. The molecular weight excluding hydrogens is 595 g/mol. The van der Waals surface area contributed by atoms with Gasteiger partial charge >= 0.3 is 19.7 Å². The molecule has 1 saturated heterocycles. The third-order valence-corrected chi connectivity index (χ3v) is 8.66. The molecule has 1 fully saturated rings. The lowest BCUT2D eigenvalue weighted by Crippen LogP contribution is -2.54. The summed E-state index contributed by atoms with van der Waals surface area (Å²) in [5, 5.41) is 29.2. The average molecular weight is 631 g/mol. The van der Waals surface area contributed by atoms with Crippen LogP contribution in [-0.2, 0) is 38.5 Å². The van der Waals surface area contributed by atoms with Crippen molar-refractivity contribution in [3.05, 3.63) is 54.5 Å². The van der Waals surface area contributed by atoms with Gasteiger partial charge in [0.1, 0.15) is 41.4 Å². The maximum Gasteiger partial charge on any atom is 0.459 e. The molecule has 2 aromatic heterocycles. The molecule has 44 heavy (non-hydrogen) atoms. The minimum Gasteiger partial charge on any atom is -0.465 e. The average Bonchev–Trinajstić information content (AvgIpc) is 3.50. The summed E-state index contributed by atoms with van der Waals surface area (Å²) in [5.74, 6) is -1.74. The Morgan fingerprint density at radius 3 is 2.57 bits per heavy atom. The Kier molecular flexibility index (Phi) is 9.62. The smallest absolute Gasteiger partial charge is 0.459 e. The molecule has 0 radical (unpaired) electrons. The van der Waals surface area contributed by atoms with Gasteiger partial charge in [-0.25, -0.2) is 14.1 Å². The van der Waals surface area contributed by atoms with Crippen LogP contribution >= 0.6 is 7.75 Å². The third kappa shape index (κ3) is 6.26. The number of nitrogens with two attached hydrogens (primary N) is 1. The van der Waals surface area contributed by atoms with Gasteiger partial charge in [-0.2, -0.15) is 15.4 Å². The van der Waals surface area contributed by atoms with E-state index in [2.05, 4.69) is 15.2 Å². The number of esters is 2. The SMILES string of the molecule is CCOC(=O)[C@H](C)NP(=O)(OC[C@H]1O[C@@](C#N)(c2ccc3c(N)ncnn23)[C@](C)(O)[C@@H]1OC(=O)C(C)C)Oc1ccccc1. The molecule has 0 bridgehead atoms. The van der Waals surface area contributed by atoms with Crippen LogP contribution in [0.3, 0.4) is 0 Å². The van der Waals surface area contributed by atoms with E-state index in [4.69, 9.17) is 29.0 Å². The van der Waals surface area contributed by atoms with E-state index in [1.54, 1.807) is 45.0 Å². The highest BCUT2D eigenvalue weighted by Gasteiger charge is 2.67. The number of fused-ring (bicyclic) bond motifs is 1. The first-order chi connectivity index (χ1) is 20.8. The van der Waals surface area contributed by atoms with E-state index in [1.807, 2.05) is 6.07 Å². The van der Waals surface area contributed by atoms with Crippen LogP contribution in [0.4, 0.5) is 5.82 Å². The molecule has 1 unspecified atom stereocenters. The minimum atomic E-state index is -4.38. The van der Waals surface area contributed by atoms with E-state index in [-0.39, 0.29) is 23.9 Å². The van der Waals surface area contributed by atoms with Crippen molar-refractivity contribution < 1.29 is 42.5 Å². The zero-order valence-corrected chi connectivity index (χ0v) is 25.8. The van der Waals surface area contributed by atoms with Crippen LogP contribution < -0.4 is 15.3 Å². The highest BCUT2D eigenvalue weighted by molar-refractivity contribution is 7.52. The van der Waals surface area contributed by atoms with Crippen molar-refractivity contribution in [2.75, 3.05) is 18.9 Å². The van der Waals surface area contributed by atoms with E-state index >= 15 is 0 Å². The first-order valence-corrected chi connectivity index (χ1v) is 15.4. The number of benzene rings is 1. The molecule has 0 spiro atoms. The van der Waals surface area contributed by atoms with Gasteiger partial charge in [0.15, 0.2) is 11.9 Å². The number of hydrogen-bond donors (Lipinski definition) is 3. The molecule has 4 rings (SSSR count). The van der Waals surface area contributed by atoms with E-state index in [0.717, 1.165) is 0 Å². The van der Waals surface area contributed by atoms with Crippen molar-refractivity contribution in [3.8, 4) is 11.8 Å². The van der Waals surface area contributed by atoms with Crippen molar-refractivity contribution in [2.45, 2.75) is 64.1 Å². The first kappa shape index (κ1) is 32.8. The Balaban J connectivity index is 1.73. The molecule has 236 valence electrons. The van der Waals surface area contributed by atoms with Crippen LogP contribution in [0.25, 0.3) is 5.52 Å². The monoisotopic (exact) mass is 630 g/mol. The van der Waals surface area contributed by atoms with Gasteiger partial charge in [-0.15, -0.1) is 0 Å². The molecule has 15 nitrogen and oxygen atoms in total. The largest absolute Gasteiger partial charge is 0.465 e. The normalized spacial score (nSPS) is 25.2. The number of anilines is 1. The number of nitriles is 1.